The van der Waals surface area contributed by atoms with Gasteiger partial charge in [0.25, 0.3) is 0 Å². The van der Waals surface area contributed by atoms with E-state index < -0.39 is 16.2 Å². The molecule has 1 aliphatic carbocycles. The third-order valence-corrected chi connectivity index (χ3v) is 15.7. The fraction of sp³-hybridized carbons (Fsp3) is 0.924. The van der Waals surface area contributed by atoms with Crippen molar-refractivity contribution in [1.29, 1.82) is 0 Å². The minimum absolute atomic E-state index is 0.0381. The molecule has 2 N–H and O–H groups in total. The lowest BCUT2D eigenvalue weighted by Crippen LogP contribution is -2.40. The molecule has 0 aromatic heterocycles. The van der Waals surface area contributed by atoms with E-state index in [0.29, 0.717) is 91.0 Å². The van der Waals surface area contributed by atoms with Crippen LogP contribution in [-0.4, -0.2) is 103 Å². The van der Waals surface area contributed by atoms with Gasteiger partial charge < -0.3 is 53.1 Å². The number of Topliss-reactive ketones (excluding diaryl/α,β-unsaturated/α-hetero) is 1. The lowest BCUT2D eigenvalue weighted by Gasteiger charge is -2.45. The van der Waals surface area contributed by atoms with E-state index in [-0.39, 0.29) is 66.8 Å². The number of unbranched alkanes of at least 4 members (excludes halogenated alkanes) is 2. The molecule has 12 heteroatoms. The summed E-state index contributed by atoms with van der Waals surface area (Å²) in [6.07, 6.45) is 14.0. The van der Waals surface area contributed by atoms with Gasteiger partial charge in [0, 0.05) is 46.1 Å². The number of rotatable bonds is 26. The fourth-order valence-electron chi connectivity index (χ4n) is 10.8. The molecule has 0 spiro atoms. The Kier molecular flexibility index (Phi) is 49.7. The molecule has 5 saturated heterocycles. The maximum Gasteiger partial charge on any atom is 0.160 e. The van der Waals surface area contributed by atoms with Gasteiger partial charge in [-0.3, -0.25) is 4.79 Å². The molecule has 0 aromatic carbocycles. The molecule has 0 bridgehead atoms. The van der Waals surface area contributed by atoms with E-state index in [1.807, 2.05) is 83.1 Å². The summed E-state index contributed by atoms with van der Waals surface area (Å²) in [6, 6.07) is 0. The summed E-state index contributed by atoms with van der Waals surface area (Å²) < 4.78 is 60.1. The third-order valence-electron chi connectivity index (χ3n) is 15.7. The van der Waals surface area contributed by atoms with Crippen molar-refractivity contribution in [3.05, 3.63) is 24.4 Å². The zero-order valence-electron chi connectivity index (χ0n) is 55.5. The number of ether oxygens (including phenoxy) is 10. The molecular weight excluding hydrogens is 983 g/mol. The van der Waals surface area contributed by atoms with Crippen molar-refractivity contribution in [2.75, 3.05) is 66.1 Å². The highest BCUT2D eigenvalue weighted by molar-refractivity contribution is 5.82. The maximum absolute atomic E-state index is 13.8. The molecule has 0 radical (unpaired) electrons. The van der Waals surface area contributed by atoms with Gasteiger partial charge >= 0.3 is 0 Å². The number of nitrogens with two attached hydrogens (primary N) is 1. The number of ketones is 1. The highest BCUT2D eigenvalue weighted by atomic mass is 16.7. The second kappa shape index (κ2) is 48.0. The van der Waals surface area contributed by atoms with Crippen LogP contribution in [0, 0.1) is 51.8 Å². The van der Waals surface area contributed by atoms with E-state index in [1.165, 1.54) is 38.5 Å². The van der Waals surface area contributed by atoms with Crippen molar-refractivity contribution in [2.45, 2.75) is 280 Å². The second-order valence-electron chi connectivity index (χ2n) is 21.9. The fourth-order valence-corrected chi connectivity index (χ4v) is 10.8. The molecule has 8 unspecified atom stereocenters. The Labute approximate surface area is 484 Å². The molecule has 8 atom stereocenters. The van der Waals surface area contributed by atoms with E-state index in [0.717, 1.165) is 50.0 Å². The van der Waals surface area contributed by atoms with Crippen LogP contribution in [0.25, 0.3) is 0 Å². The van der Waals surface area contributed by atoms with Gasteiger partial charge in [0.05, 0.1) is 66.1 Å². The van der Waals surface area contributed by atoms with Crippen LogP contribution >= 0.6 is 0 Å². The molecule has 5 aliphatic heterocycles. The van der Waals surface area contributed by atoms with Gasteiger partial charge in [-0.15, -0.1) is 0 Å². The molecule has 0 amide bonds. The van der Waals surface area contributed by atoms with Gasteiger partial charge in [0.1, 0.15) is 5.78 Å². The van der Waals surface area contributed by atoms with Crippen molar-refractivity contribution < 1.29 is 52.2 Å². The van der Waals surface area contributed by atoms with Crippen LogP contribution in [0.3, 0.4) is 0 Å². The normalized spacial score (nSPS) is 21.9. The highest BCUT2D eigenvalue weighted by Gasteiger charge is 2.46. The predicted octanol–water partition coefficient (Wildman–Crippen LogP) is 17.3. The van der Waals surface area contributed by atoms with Crippen molar-refractivity contribution >= 4 is 5.78 Å². The van der Waals surface area contributed by atoms with Crippen LogP contribution in [0.15, 0.2) is 24.4 Å². The minimum Gasteiger partial charge on any atom is -0.402 e. The number of carbonyl (C=O) groups is 1. The molecule has 6 fully saturated rings. The quantitative estimate of drug-likeness (QED) is 0.0826. The van der Waals surface area contributed by atoms with E-state index in [4.69, 9.17) is 53.1 Å². The largest absolute Gasteiger partial charge is 0.402 e. The Morgan fingerprint density at radius 1 is 0.487 bits per heavy atom. The van der Waals surface area contributed by atoms with E-state index >= 15 is 0 Å². The highest BCUT2D eigenvalue weighted by Crippen LogP contribution is 2.52. The van der Waals surface area contributed by atoms with Gasteiger partial charge in [-0.05, 0) is 83.0 Å². The third kappa shape index (κ3) is 30.2. The zero-order chi connectivity index (χ0) is 60.3. The van der Waals surface area contributed by atoms with Crippen LogP contribution in [-0.2, 0) is 52.2 Å². The van der Waals surface area contributed by atoms with Crippen molar-refractivity contribution in [3.63, 3.8) is 0 Å². The monoisotopic (exact) mass is 1120 g/mol. The first-order valence-electron chi connectivity index (χ1n) is 32.2. The van der Waals surface area contributed by atoms with Gasteiger partial charge in [0.2, 0.25) is 0 Å². The van der Waals surface area contributed by atoms with Gasteiger partial charge in [-0.2, -0.15) is 0 Å². The summed E-state index contributed by atoms with van der Waals surface area (Å²) in [6.45, 7) is 60.3. The molecule has 12 nitrogen and oxygen atoms in total. The molecule has 1 saturated carbocycles. The Hall–Kier alpha value is -1.45. The van der Waals surface area contributed by atoms with Crippen LogP contribution in [0.5, 0.6) is 0 Å². The van der Waals surface area contributed by atoms with E-state index in [1.54, 1.807) is 6.92 Å². The predicted molar refractivity (Wildman–Crippen MR) is 328 cm³/mol. The van der Waals surface area contributed by atoms with E-state index in [2.05, 4.69) is 75.5 Å². The van der Waals surface area contributed by atoms with Crippen molar-refractivity contribution in [2.24, 2.45) is 57.5 Å². The Bertz CT molecular complexity index is 1400. The Balaban J connectivity index is -0.00000220. The average Bonchev–Trinajstić information content (AvgIpc) is 4.32. The maximum atomic E-state index is 13.8. The van der Waals surface area contributed by atoms with Gasteiger partial charge in [-0.25, -0.2) is 0 Å². The first-order chi connectivity index (χ1) is 37.4. The van der Waals surface area contributed by atoms with Crippen molar-refractivity contribution in [3.8, 4) is 0 Å². The van der Waals surface area contributed by atoms with Crippen molar-refractivity contribution in [1.82, 2.24) is 0 Å². The minimum atomic E-state index is -0.638. The zero-order valence-corrected chi connectivity index (χ0v) is 55.5. The summed E-state index contributed by atoms with van der Waals surface area (Å²) >= 11 is 0. The second-order valence-corrected chi connectivity index (χ2v) is 21.9. The molecule has 6 rings (SSSR count). The van der Waals surface area contributed by atoms with Crippen LogP contribution < -0.4 is 5.73 Å². The van der Waals surface area contributed by atoms with Crippen LogP contribution in [0.4, 0.5) is 0 Å². The first kappa shape index (κ1) is 80.8. The lowest BCUT2D eigenvalue weighted by atomic mass is 9.59. The lowest BCUT2D eigenvalue weighted by molar-refractivity contribution is -0.139. The Morgan fingerprint density at radius 3 is 1.04 bits per heavy atom. The number of carbonyl (C=O) groups excluding carboxylic acids is 1. The Morgan fingerprint density at radius 2 is 0.769 bits per heavy atom. The topological polar surface area (TPSA) is 135 Å². The SMILES string of the molecule is C=C(C)C(C)(CC(C)(CCC(CC(C)C1OCCO1)C1OCCO1)C(=C)N)CC(C)(CCC(CC(CC(C)C1OCCO1)C1OCCO1)C1OCCO1)C(C)=O.CC.CC.CC.CC.CC.CC.CC1CCC1.CCCCC. The molecule has 78 heavy (non-hydrogen) atoms. The standard InChI is InChI=1S/C44H75NO11.C5H10.C5H12.6C2H6/c1-29(2)44(9,27-42(7,32(5)45)12-10-34(39-51-18-19-52-39)24-30(3)37-47-14-15-48-37)28-43(8,33(6)46)13-11-35(40-53-20-21-54-40)26-36(41-55-22-23-56-41)25-31(4)38-49-16-17-50-38;1-5-3-2-4-5;1-3-5-4-2;6*1-2/h30-31,34-41H,1,5,10-28,45H2,2-4,6-9H3;5H,2-4H2,1H3;3-5H2,1-2H3;6*1-2H3. The summed E-state index contributed by atoms with van der Waals surface area (Å²) in [5.74, 6) is 1.85. The summed E-state index contributed by atoms with van der Waals surface area (Å²) in [5, 5.41) is 0. The molecular formula is C66H133NO11. The number of hydrogen-bond donors (Lipinski definition) is 1. The summed E-state index contributed by atoms with van der Waals surface area (Å²) in [4.78, 5) is 13.8. The van der Waals surface area contributed by atoms with Crippen LogP contribution in [0.2, 0.25) is 0 Å². The summed E-state index contributed by atoms with van der Waals surface area (Å²) in [7, 11) is 0. The molecule has 0 aromatic rings. The van der Waals surface area contributed by atoms with Gasteiger partial charge in [0.15, 0.2) is 31.5 Å². The number of allylic oxidation sites excluding steroid dienone is 2. The average molecular weight is 1120 g/mol. The van der Waals surface area contributed by atoms with Gasteiger partial charge in [-0.1, -0.05) is 196 Å². The molecule has 5 heterocycles. The molecule has 468 valence electrons. The molecule has 6 aliphatic rings. The number of hydrogen-bond acceptors (Lipinski definition) is 12. The summed E-state index contributed by atoms with van der Waals surface area (Å²) in [5.41, 5.74) is 6.91. The first-order valence-corrected chi connectivity index (χ1v) is 32.2. The smallest absolute Gasteiger partial charge is 0.160 e. The van der Waals surface area contributed by atoms with Crippen LogP contribution in [0.1, 0.15) is 249 Å². The van der Waals surface area contributed by atoms with E-state index in [9.17, 15) is 4.79 Å².